The monoisotopic (exact) mass is 300 g/mol. The highest BCUT2D eigenvalue weighted by molar-refractivity contribution is 7.99. The summed E-state index contributed by atoms with van der Waals surface area (Å²) in [5.41, 5.74) is 0. The summed E-state index contributed by atoms with van der Waals surface area (Å²) in [5, 5.41) is 6.86. The minimum Gasteiger partial charge on any atom is -0.357 e. The number of thioether (sulfide) groups is 1. The number of rotatable bonds is 7. The fourth-order valence-corrected chi connectivity index (χ4v) is 2.63. The van der Waals surface area contributed by atoms with Crippen LogP contribution in [0.5, 0.6) is 0 Å². The topological polar surface area (TPSA) is 39.7 Å². The number of guanidine groups is 1. The van der Waals surface area contributed by atoms with Gasteiger partial charge in [-0.2, -0.15) is 11.8 Å². The summed E-state index contributed by atoms with van der Waals surface area (Å²) in [6, 6.07) is 0.664. The molecule has 0 aliphatic carbocycles. The van der Waals surface area contributed by atoms with Gasteiger partial charge in [0.25, 0.3) is 0 Å². The normalized spacial score (nSPS) is 21.2. The molecule has 4 nitrogen and oxygen atoms in total. The van der Waals surface area contributed by atoms with E-state index in [0.717, 1.165) is 32.1 Å². The number of likely N-dealkylation sites (N-methyl/N-ethyl adjacent to an activating group) is 1. The molecule has 1 aliphatic rings. The average Bonchev–Trinajstić information content (AvgIpc) is 2.89. The van der Waals surface area contributed by atoms with Crippen molar-refractivity contribution in [2.24, 2.45) is 4.99 Å². The molecule has 20 heavy (non-hydrogen) atoms. The molecule has 0 amide bonds. The Morgan fingerprint density at radius 2 is 2.10 bits per heavy atom. The SMILES string of the molecule is CCNC(=NCC(C)(C)SC)NCC1CCCN1CC. The fourth-order valence-electron chi connectivity index (χ4n) is 2.43. The van der Waals surface area contributed by atoms with Gasteiger partial charge in [0.1, 0.15) is 0 Å². The zero-order valence-corrected chi connectivity index (χ0v) is 14.6. The predicted molar refractivity (Wildman–Crippen MR) is 91.8 cm³/mol. The number of likely N-dealkylation sites (tertiary alicyclic amines) is 1. The molecule has 1 rings (SSSR count). The van der Waals surface area contributed by atoms with Crippen molar-refractivity contribution in [1.29, 1.82) is 0 Å². The van der Waals surface area contributed by atoms with E-state index < -0.39 is 0 Å². The first kappa shape index (κ1) is 17.6. The summed E-state index contributed by atoms with van der Waals surface area (Å²) < 4.78 is 0.200. The Hall–Kier alpha value is -0.420. The van der Waals surface area contributed by atoms with Crippen LogP contribution in [0.15, 0.2) is 4.99 Å². The average molecular weight is 301 g/mol. The largest absolute Gasteiger partial charge is 0.357 e. The number of hydrogen-bond donors (Lipinski definition) is 2. The molecular weight excluding hydrogens is 268 g/mol. The molecule has 1 atom stereocenters. The van der Waals surface area contributed by atoms with Crippen LogP contribution in [-0.2, 0) is 0 Å². The second-order valence-corrected chi connectivity index (χ2v) is 7.48. The molecule has 0 saturated carbocycles. The molecule has 1 unspecified atom stereocenters. The van der Waals surface area contributed by atoms with Gasteiger partial charge in [0, 0.05) is 23.9 Å². The second-order valence-electron chi connectivity index (χ2n) is 5.96. The van der Waals surface area contributed by atoms with E-state index in [1.54, 1.807) is 0 Å². The molecule has 0 aromatic rings. The highest BCUT2D eigenvalue weighted by Gasteiger charge is 2.23. The summed E-state index contributed by atoms with van der Waals surface area (Å²) in [7, 11) is 0. The Labute approximate surface area is 129 Å². The molecule has 0 spiro atoms. The summed E-state index contributed by atoms with van der Waals surface area (Å²) in [6.07, 6.45) is 4.78. The van der Waals surface area contributed by atoms with Crippen LogP contribution in [-0.4, -0.2) is 60.6 Å². The zero-order valence-electron chi connectivity index (χ0n) is 13.8. The van der Waals surface area contributed by atoms with Crippen LogP contribution < -0.4 is 10.6 Å². The Morgan fingerprint density at radius 1 is 1.35 bits per heavy atom. The van der Waals surface area contributed by atoms with Crippen LogP contribution in [0.1, 0.15) is 40.5 Å². The first-order valence-corrected chi connectivity index (χ1v) is 9.06. The molecule has 0 aromatic carbocycles. The van der Waals surface area contributed by atoms with Gasteiger partial charge in [-0.1, -0.05) is 6.92 Å². The molecule has 0 aromatic heterocycles. The Morgan fingerprint density at radius 3 is 2.70 bits per heavy atom. The van der Waals surface area contributed by atoms with Gasteiger partial charge in [0.05, 0.1) is 6.54 Å². The van der Waals surface area contributed by atoms with Crippen molar-refractivity contribution >= 4 is 17.7 Å². The van der Waals surface area contributed by atoms with Crippen LogP contribution in [0.4, 0.5) is 0 Å². The molecular formula is C15H32N4S. The number of nitrogens with zero attached hydrogens (tertiary/aromatic N) is 2. The highest BCUT2D eigenvalue weighted by atomic mass is 32.2. The lowest BCUT2D eigenvalue weighted by molar-refractivity contribution is 0.267. The van der Waals surface area contributed by atoms with Crippen molar-refractivity contribution in [2.75, 3.05) is 39.0 Å². The van der Waals surface area contributed by atoms with E-state index in [-0.39, 0.29) is 4.75 Å². The van der Waals surface area contributed by atoms with Gasteiger partial charge < -0.3 is 10.6 Å². The van der Waals surface area contributed by atoms with Crippen molar-refractivity contribution in [3.05, 3.63) is 0 Å². The van der Waals surface area contributed by atoms with Crippen LogP contribution in [0, 0.1) is 0 Å². The summed E-state index contributed by atoms with van der Waals surface area (Å²) in [5.74, 6) is 0.956. The van der Waals surface area contributed by atoms with E-state index in [1.165, 1.54) is 19.4 Å². The Kier molecular flexibility index (Phi) is 7.74. The molecule has 0 radical (unpaired) electrons. The number of aliphatic imine (C=N–C) groups is 1. The van der Waals surface area contributed by atoms with Gasteiger partial charge in [0.15, 0.2) is 5.96 Å². The maximum Gasteiger partial charge on any atom is 0.191 e. The van der Waals surface area contributed by atoms with E-state index >= 15 is 0 Å². The lowest BCUT2D eigenvalue weighted by Gasteiger charge is -2.24. The van der Waals surface area contributed by atoms with Crippen molar-refractivity contribution in [3.63, 3.8) is 0 Å². The standard InChI is InChI=1S/C15H32N4S/c1-6-16-14(18-12-15(3,4)20-5)17-11-13-9-8-10-19(13)7-2/h13H,6-12H2,1-5H3,(H2,16,17,18). The predicted octanol–water partition coefficient (Wildman–Crippen LogP) is 2.17. The van der Waals surface area contributed by atoms with Crippen LogP contribution in [0.2, 0.25) is 0 Å². The smallest absolute Gasteiger partial charge is 0.191 e. The molecule has 5 heteroatoms. The molecule has 2 N–H and O–H groups in total. The van der Waals surface area contributed by atoms with Gasteiger partial charge in [-0.3, -0.25) is 9.89 Å². The minimum atomic E-state index is 0.200. The van der Waals surface area contributed by atoms with E-state index in [1.807, 2.05) is 11.8 Å². The highest BCUT2D eigenvalue weighted by Crippen LogP contribution is 2.21. The molecule has 0 bridgehead atoms. The quantitative estimate of drug-likeness (QED) is 0.558. The summed E-state index contributed by atoms with van der Waals surface area (Å²) >= 11 is 1.86. The van der Waals surface area contributed by atoms with Crippen molar-refractivity contribution < 1.29 is 0 Å². The summed E-state index contributed by atoms with van der Waals surface area (Å²) in [6.45, 7) is 14.0. The third kappa shape index (κ3) is 5.92. The van der Waals surface area contributed by atoms with Crippen molar-refractivity contribution in [3.8, 4) is 0 Å². The van der Waals surface area contributed by atoms with Gasteiger partial charge in [-0.05, 0) is 53.0 Å². The van der Waals surface area contributed by atoms with Crippen LogP contribution >= 0.6 is 11.8 Å². The van der Waals surface area contributed by atoms with Gasteiger partial charge in [-0.15, -0.1) is 0 Å². The molecule has 1 aliphatic heterocycles. The van der Waals surface area contributed by atoms with Gasteiger partial charge >= 0.3 is 0 Å². The zero-order chi connectivity index (χ0) is 15.0. The van der Waals surface area contributed by atoms with Crippen LogP contribution in [0.25, 0.3) is 0 Å². The Balaban J connectivity index is 2.48. The number of hydrogen-bond acceptors (Lipinski definition) is 3. The van der Waals surface area contributed by atoms with Crippen LogP contribution in [0.3, 0.4) is 0 Å². The lowest BCUT2D eigenvalue weighted by Crippen LogP contribution is -2.45. The third-order valence-corrected chi connectivity index (χ3v) is 5.16. The van der Waals surface area contributed by atoms with E-state index in [9.17, 15) is 0 Å². The van der Waals surface area contributed by atoms with Gasteiger partial charge in [0.2, 0.25) is 0 Å². The molecule has 1 saturated heterocycles. The van der Waals surface area contributed by atoms with Gasteiger partial charge in [-0.25, -0.2) is 0 Å². The van der Waals surface area contributed by atoms with Crippen molar-refractivity contribution in [2.45, 2.75) is 51.3 Å². The maximum atomic E-state index is 4.72. The lowest BCUT2D eigenvalue weighted by atomic mass is 10.2. The first-order valence-electron chi connectivity index (χ1n) is 7.83. The van der Waals surface area contributed by atoms with E-state index in [0.29, 0.717) is 6.04 Å². The number of nitrogens with one attached hydrogen (secondary N) is 2. The maximum absolute atomic E-state index is 4.72. The molecule has 1 fully saturated rings. The third-order valence-electron chi connectivity index (χ3n) is 3.93. The molecule has 1 heterocycles. The minimum absolute atomic E-state index is 0.200. The van der Waals surface area contributed by atoms with E-state index in [2.05, 4.69) is 49.5 Å². The second kappa shape index (κ2) is 8.78. The first-order chi connectivity index (χ1) is 9.52. The van der Waals surface area contributed by atoms with Crippen molar-refractivity contribution in [1.82, 2.24) is 15.5 Å². The summed E-state index contributed by atoms with van der Waals surface area (Å²) in [4.78, 5) is 7.28. The Bertz CT molecular complexity index is 304. The molecule has 118 valence electrons. The van der Waals surface area contributed by atoms with E-state index in [4.69, 9.17) is 4.99 Å². The fraction of sp³-hybridized carbons (Fsp3) is 0.933.